The molecule has 1 heterocycles. The Morgan fingerprint density at radius 1 is 1.11 bits per heavy atom. The number of para-hydroxylation sites is 1. The van der Waals surface area contributed by atoms with E-state index < -0.39 is 0 Å². The summed E-state index contributed by atoms with van der Waals surface area (Å²) in [4.78, 5) is 17.3. The molecule has 1 unspecified atom stereocenters. The Hall–Kier alpha value is -2.73. The number of methoxy groups -OCH3 is 2. The van der Waals surface area contributed by atoms with Gasteiger partial charge in [0.2, 0.25) is 0 Å². The summed E-state index contributed by atoms with van der Waals surface area (Å²) >= 11 is 0. The molecule has 0 N–H and O–H groups in total. The van der Waals surface area contributed by atoms with E-state index in [1.54, 1.807) is 19.1 Å². The summed E-state index contributed by atoms with van der Waals surface area (Å²) < 4.78 is 16.2. The predicted octanol–water partition coefficient (Wildman–Crippen LogP) is 3.37. The quantitative estimate of drug-likeness (QED) is 0.764. The second-order valence-electron chi connectivity index (χ2n) is 6.82. The molecule has 1 aliphatic rings. The lowest BCUT2D eigenvalue weighted by Gasteiger charge is -2.32. The summed E-state index contributed by atoms with van der Waals surface area (Å²) in [6, 6.07) is 13.3. The van der Waals surface area contributed by atoms with Gasteiger partial charge in [-0.15, -0.1) is 0 Å². The number of hydrogen-bond donors (Lipinski definition) is 0. The van der Waals surface area contributed by atoms with Crippen LogP contribution < -0.4 is 14.4 Å². The number of rotatable bonds is 6. The van der Waals surface area contributed by atoms with E-state index in [0.717, 1.165) is 30.1 Å². The molecule has 6 heteroatoms. The van der Waals surface area contributed by atoms with Crippen LogP contribution in [0.1, 0.15) is 28.9 Å². The molecule has 6 nitrogen and oxygen atoms in total. The maximum Gasteiger partial charge on any atom is 0.256 e. The summed E-state index contributed by atoms with van der Waals surface area (Å²) in [7, 11) is 5.07. The van der Waals surface area contributed by atoms with Crippen LogP contribution in [0.5, 0.6) is 11.5 Å². The number of hydrogen-bond acceptors (Lipinski definition) is 5. The van der Waals surface area contributed by atoms with Crippen LogP contribution in [0, 0.1) is 0 Å². The maximum absolute atomic E-state index is 13.3. The lowest BCUT2D eigenvalue weighted by Crippen LogP contribution is -2.38. The molecule has 1 amide bonds. The Kier molecular flexibility index (Phi) is 6.41. The molecule has 2 aromatic rings. The minimum absolute atomic E-state index is 0.0209. The van der Waals surface area contributed by atoms with Crippen molar-refractivity contribution >= 4 is 11.6 Å². The van der Waals surface area contributed by atoms with Crippen LogP contribution in [0.25, 0.3) is 0 Å². The van der Waals surface area contributed by atoms with Gasteiger partial charge in [0.25, 0.3) is 5.91 Å². The van der Waals surface area contributed by atoms with Crippen LogP contribution in [-0.2, 0) is 4.74 Å². The first-order valence-electron chi connectivity index (χ1n) is 9.47. The van der Waals surface area contributed by atoms with E-state index in [4.69, 9.17) is 14.2 Å². The molecule has 0 saturated carbocycles. The van der Waals surface area contributed by atoms with Crippen molar-refractivity contribution in [2.24, 2.45) is 0 Å². The van der Waals surface area contributed by atoms with Gasteiger partial charge in [-0.3, -0.25) is 4.79 Å². The van der Waals surface area contributed by atoms with Crippen molar-refractivity contribution < 1.29 is 19.0 Å². The van der Waals surface area contributed by atoms with Crippen molar-refractivity contribution in [3.63, 3.8) is 0 Å². The number of carbonyl (C=O) groups excluding carboxylic acids is 1. The third-order valence-electron chi connectivity index (χ3n) is 5.28. The van der Waals surface area contributed by atoms with Crippen LogP contribution in [0.4, 0.5) is 5.69 Å². The number of morpholine rings is 1. The largest absolute Gasteiger partial charge is 0.497 e. The minimum Gasteiger partial charge on any atom is -0.497 e. The molecule has 0 aliphatic carbocycles. The van der Waals surface area contributed by atoms with E-state index in [9.17, 15) is 4.79 Å². The Balaban J connectivity index is 1.87. The van der Waals surface area contributed by atoms with E-state index in [-0.39, 0.29) is 11.9 Å². The molecule has 1 fully saturated rings. The zero-order valence-corrected chi connectivity index (χ0v) is 17.0. The number of benzene rings is 2. The summed E-state index contributed by atoms with van der Waals surface area (Å²) in [5, 5.41) is 0. The summed E-state index contributed by atoms with van der Waals surface area (Å²) in [5.74, 6) is 1.40. The fourth-order valence-corrected chi connectivity index (χ4v) is 3.47. The molecular formula is C22H28N2O4. The topological polar surface area (TPSA) is 51.2 Å². The van der Waals surface area contributed by atoms with Crippen molar-refractivity contribution in [3.05, 3.63) is 53.6 Å². The van der Waals surface area contributed by atoms with E-state index in [2.05, 4.69) is 4.90 Å². The fourth-order valence-electron chi connectivity index (χ4n) is 3.47. The zero-order valence-electron chi connectivity index (χ0n) is 17.0. The van der Waals surface area contributed by atoms with Crippen molar-refractivity contribution in [3.8, 4) is 11.5 Å². The number of amides is 1. The highest BCUT2D eigenvalue weighted by Crippen LogP contribution is 2.33. The summed E-state index contributed by atoms with van der Waals surface area (Å²) in [6.07, 6.45) is 0. The SMILES string of the molecule is COc1ccc(C(C)N(C)C(=O)c2ccccc2N2CCOCC2)c(OC)c1. The van der Waals surface area contributed by atoms with Gasteiger partial charge in [-0.2, -0.15) is 0 Å². The van der Waals surface area contributed by atoms with Gasteiger partial charge in [0, 0.05) is 37.5 Å². The first-order chi connectivity index (χ1) is 13.6. The van der Waals surface area contributed by atoms with Gasteiger partial charge in [-0.05, 0) is 31.2 Å². The highest BCUT2D eigenvalue weighted by Gasteiger charge is 2.25. The molecule has 0 aromatic heterocycles. The first-order valence-corrected chi connectivity index (χ1v) is 9.47. The summed E-state index contributed by atoms with van der Waals surface area (Å²) in [5.41, 5.74) is 2.59. The molecular weight excluding hydrogens is 356 g/mol. The molecule has 1 saturated heterocycles. The maximum atomic E-state index is 13.3. The number of anilines is 1. The van der Waals surface area contributed by atoms with Gasteiger partial charge in [0.05, 0.1) is 39.0 Å². The summed E-state index contributed by atoms with van der Waals surface area (Å²) in [6.45, 7) is 4.93. The lowest BCUT2D eigenvalue weighted by molar-refractivity contribution is 0.0740. The lowest BCUT2D eigenvalue weighted by atomic mass is 10.0. The first kappa shape index (κ1) is 20.0. The Morgan fingerprint density at radius 3 is 2.50 bits per heavy atom. The van der Waals surface area contributed by atoms with Crippen LogP contribution in [0.3, 0.4) is 0 Å². The van der Waals surface area contributed by atoms with Gasteiger partial charge in [0.1, 0.15) is 11.5 Å². The van der Waals surface area contributed by atoms with Gasteiger partial charge in [-0.25, -0.2) is 0 Å². The molecule has 2 aromatic carbocycles. The zero-order chi connectivity index (χ0) is 20.1. The van der Waals surface area contributed by atoms with Crippen LogP contribution in [0.2, 0.25) is 0 Å². The van der Waals surface area contributed by atoms with Crippen molar-refractivity contribution in [2.45, 2.75) is 13.0 Å². The van der Waals surface area contributed by atoms with E-state index in [0.29, 0.717) is 24.5 Å². The van der Waals surface area contributed by atoms with Gasteiger partial charge >= 0.3 is 0 Å². The molecule has 1 atom stereocenters. The van der Waals surface area contributed by atoms with E-state index >= 15 is 0 Å². The van der Waals surface area contributed by atoms with Gasteiger partial charge in [-0.1, -0.05) is 12.1 Å². The second-order valence-corrected chi connectivity index (χ2v) is 6.82. The number of carbonyl (C=O) groups is 1. The van der Waals surface area contributed by atoms with E-state index in [1.165, 1.54) is 0 Å². The van der Waals surface area contributed by atoms with Crippen LogP contribution in [-0.4, -0.2) is 58.4 Å². The van der Waals surface area contributed by atoms with Crippen molar-refractivity contribution in [1.29, 1.82) is 0 Å². The van der Waals surface area contributed by atoms with Crippen molar-refractivity contribution in [1.82, 2.24) is 4.90 Å². The molecule has 3 rings (SSSR count). The third kappa shape index (κ3) is 4.07. The highest BCUT2D eigenvalue weighted by molar-refractivity contribution is 6.00. The van der Waals surface area contributed by atoms with Gasteiger partial charge < -0.3 is 24.0 Å². The second kappa shape index (κ2) is 8.97. The highest BCUT2D eigenvalue weighted by atomic mass is 16.5. The normalized spacial score (nSPS) is 15.1. The standard InChI is InChI=1S/C22H28N2O4/c1-16(18-10-9-17(26-3)15-21(18)27-4)23(2)22(25)19-7-5-6-8-20(19)24-11-13-28-14-12-24/h5-10,15-16H,11-14H2,1-4H3. The molecule has 28 heavy (non-hydrogen) atoms. The molecule has 1 aliphatic heterocycles. The predicted molar refractivity (Wildman–Crippen MR) is 110 cm³/mol. The average Bonchev–Trinajstić information content (AvgIpc) is 2.77. The molecule has 0 spiro atoms. The average molecular weight is 384 g/mol. The molecule has 0 bridgehead atoms. The molecule has 0 radical (unpaired) electrons. The van der Waals surface area contributed by atoms with Crippen LogP contribution >= 0.6 is 0 Å². The minimum atomic E-state index is -0.161. The Bertz CT molecular complexity index is 818. The molecule has 150 valence electrons. The van der Waals surface area contributed by atoms with Crippen molar-refractivity contribution in [2.75, 3.05) is 52.5 Å². The van der Waals surface area contributed by atoms with E-state index in [1.807, 2.05) is 56.4 Å². The third-order valence-corrected chi connectivity index (χ3v) is 5.28. The smallest absolute Gasteiger partial charge is 0.256 e. The number of nitrogens with zero attached hydrogens (tertiary/aromatic N) is 2. The van der Waals surface area contributed by atoms with Gasteiger partial charge in [0.15, 0.2) is 0 Å². The monoisotopic (exact) mass is 384 g/mol. The fraction of sp³-hybridized carbons (Fsp3) is 0.409. The Morgan fingerprint density at radius 2 is 1.82 bits per heavy atom. The van der Waals surface area contributed by atoms with Crippen LogP contribution in [0.15, 0.2) is 42.5 Å². The Labute approximate surface area is 166 Å². The number of ether oxygens (including phenoxy) is 3.